The van der Waals surface area contributed by atoms with Gasteiger partial charge in [-0.05, 0) is 41.9 Å². The van der Waals surface area contributed by atoms with Crippen LogP contribution in [0.3, 0.4) is 0 Å². The van der Waals surface area contributed by atoms with Crippen LogP contribution in [0.5, 0.6) is 11.5 Å². The van der Waals surface area contributed by atoms with E-state index in [2.05, 4.69) is 0 Å². The molecule has 0 saturated carbocycles. The molecule has 0 radical (unpaired) electrons. The normalized spacial score (nSPS) is 10.3. The van der Waals surface area contributed by atoms with Crippen LogP contribution in [0, 0.1) is 0 Å². The summed E-state index contributed by atoms with van der Waals surface area (Å²) in [6.07, 6.45) is 0. The Morgan fingerprint density at radius 1 is 0.692 bits per heavy atom. The zero-order valence-corrected chi connectivity index (χ0v) is 14.7. The third kappa shape index (κ3) is 3.82. The van der Waals surface area contributed by atoms with Crippen LogP contribution < -0.4 is 19.8 Å². The first-order chi connectivity index (χ1) is 12.6. The van der Waals surface area contributed by atoms with Gasteiger partial charge in [-0.15, -0.1) is 0 Å². The number of benzene rings is 3. The summed E-state index contributed by atoms with van der Waals surface area (Å²) < 4.78 is 10.7. The Balaban J connectivity index is 2.16. The van der Waals surface area contributed by atoms with Gasteiger partial charge >= 0.3 is 7.12 Å². The third-order valence-electron chi connectivity index (χ3n) is 4.05. The van der Waals surface area contributed by atoms with Crippen LogP contribution in [0.4, 0.5) is 17.1 Å². The second kappa shape index (κ2) is 7.95. The van der Waals surface area contributed by atoms with Crippen molar-refractivity contribution in [1.29, 1.82) is 0 Å². The number of rotatable bonds is 6. The molecule has 3 aromatic carbocycles. The average molecular weight is 349 g/mol. The Bertz CT molecular complexity index is 837. The molecule has 0 aliphatic carbocycles. The fourth-order valence-electron chi connectivity index (χ4n) is 2.77. The van der Waals surface area contributed by atoms with Gasteiger partial charge in [-0.25, -0.2) is 0 Å². The number of methoxy groups -OCH3 is 2. The molecule has 0 bridgehead atoms. The molecule has 132 valence electrons. The summed E-state index contributed by atoms with van der Waals surface area (Å²) in [6, 6.07) is 22.4. The van der Waals surface area contributed by atoms with Crippen molar-refractivity contribution >= 4 is 29.6 Å². The lowest BCUT2D eigenvalue weighted by Crippen LogP contribution is -2.30. The SMILES string of the molecule is COc1cccc(N(c2cccc(OC)c2)c2cccc(B(O)O)c2)c1. The molecule has 0 aliphatic rings. The number of ether oxygens (including phenoxy) is 2. The maximum Gasteiger partial charge on any atom is 0.488 e. The molecule has 0 aromatic heterocycles. The van der Waals surface area contributed by atoms with E-state index in [1.807, 2.05) is 59.5 Å². The summed E-state index contributed by atoms with van der Waals surface area (Å²) in [5.41, 5.74) is 2.96. The van der Waals surface area contributed by atoms with Gasteiger partial charge in [0.1, 0.15) is 11.5 Å². The molecular formula is C20H20BNO4. The first-order valence-electron chi connectivity index (χ1n) is 8.16. The summed E-state index contributed by atoms with van der Waals surface area (Å²) in [5, 5.41) is 19.1. The first-order valence-corrected chi connectivity index (χ1v) is 8.16. The maximum absolute atomic E-state index is 9.53. The van der Waals surface area contributed by atoms with Crippen molar-refractivity contribution in [2.24, 2.45) is 0 Å². The average Bonchev–Trinajstić information content (AvgIpc) is 2.69. The van der Waals surface area contributed by atoms with Crippen LogP contribution in [0.2, 0.25) is 0 Å². The van der Waals surface area contributed by atoms with Crippen LogP contribution in [0.15, 0.2) is 72.8 Å². The Morgan fingerprint density at radius 3 is 1.62 bits per heavy atom. The second-order valence-corrected chi connectivity index (χ2v) is 5.71. The lowest BCUT2D eigenvalue weighted by Gasteiger charge is -2.26. The molecular weight excluding hydrogens is 329 g/mol. The predicted octanol–water partition coefficient (Wildman–Crippen LogP) is 2.85. The Labute approximate surface area is 153 Å². The van der Waals surface area contributed by atoms with Crippen molar-refractivity contribution in [3.8, 4) is 11.5 Å². The molecule has 0 atom stereocenters. The zero-order chi connectivity index (χ0) is 18.5. The lowest BCUT2D eigenvalue weighted by molar-refractivity contribution is 0.414. The molecule has 0 unspecified atom stereocenters. The summed E-state index contributed by atoms with van der Waals surface area (Å²) in [7, 11) is 1.71. The van der Waals surface area contributed by atoms with E-state index in [0.29, 0.717) is 5.46 Å². The molecule has 0 heterocycles. The van der Waals surface area contributed by atoms with Crippen molar-refractivity contribution < 1.29 is 19.5 Å². The van der Waals surface area contributed by atoms with Gasteiger partial charge in [0.25, 0.3) is 0 Å². The monoisotopic (exact) mass is 349 g/mol. The first kappa shape index (κ1) is 17.9. The van der Waals surface area contributed by atoms with Gasteiger partial charge < -0.3 is 24.4 Å². The fourth-order valence-corrected chi connectivity index (χ4v) is 2.77. The fraction of sp³-hybridized carbons (Fsp3) is 0.100. The number of hydrogen-bond donors (Lipinski definition) is 2. The molecule has 2 N–H and O–H groups in total. The van der Waals surface area contributed by atoms with Crippen molar-refractivity contribution in [2.75, 3.05) is 19.1 Å². The summed E-state index contributed by atoms with van der Waals surface area (Å²) in [5.74, 6) is 1.46. The molecule has 5 nitrogen and oxygen atoms in total. The van der Waals surface area contributed by atoms with Gasteiger partial charge in [0, 0.05) is 29.2 Å². The molecule has 6 heteroatoms. The molecule has 0 spiro atoms. The number of hydrogen-bond acceptors (Lipinski definition) is 5. The zero-order valence-electron chi connectivity index (χ0n) is 14.7. The highest BCUT2D eigenvalue weighted by atomic mass is 16.5. The predicted molar refractivity (Wildman–Crippen MR) is 104 cm³/mol. The number of anilines is 3. The van der Waals surface area contributed by atoms with Gasteiger partial charge in [0.05, 0.1) is 14.2 Å². The van der Waals surface area contributed by atoms with Gasteiger partial charge in [-0.3, -0.25) is 0 Å². The van der Waals surface area contributed by atoms with E-state index in [-0.39, 0.29) is 0 Å². The molecule has 3 rings (SSSR count). The van der Waals surface area contributed by atoms with Gasteiger partial charge in [0.15, 0.2) is 0 Å². The Morgan fingerprint density at radius 2 is 1.15 bits per heavy atom. The van der Waals surface area contributed by atoms with Crippen molar-refractivity contribution in [3.63, 3.8) is 0 Å². The standard InChI is InChI=1S/C20H20BNO4/c1-25-19-10-4-8-17(13-19)22(18-9-5-11-20(14-18)26-2)16-7-3-6-15(12-16)21(23)24/h3-14,23-24H,1-2H3. The van der Waals surface area contributed by atoms with Crippen LogP contribution in [-0.4, -0.2) is 31.4 Å². The minimum Gasteiger partial charge on any atom is -0.497 e. The Hall–Kier alpha value is -2.96. The van der Waals surface area contributed by atoms with Crippen molar-refractivity contribution in [1.82, 2.24) is 0 Å². The third-order valence-corrected chi connectivity index (χ3v) is 4.05. The van der Waals surface area contributed by atoms with E-state index in [1.165, 1.54) is 0 Å². The van der Waals surface area contributed by atoms with Crippen LogP contribution >= 0.6 is 0 Å². The van der Waals surface area contributed by atoms with E-state index in [0.717, 1.165) is 28.6 Å². The molecule has 3 aromatic rings. The van der Waals surface area contributed by atoms with Crippen LogP contribution in [0.25, 0.3) is 0 Å². The smallest absolute Gasteiger partial charge is 0.488 e. The van der Waals surface area contributed by atoms with Gasteiger partial charge in [0.2, 0.25) is 0 Å². The molecule has 26 heavy (non-hydrogen) atoms. The minimum atomic E-state index is -1.53. The van der Waals surface area contributed by atoms with Crippen LogP contribution in [0.1, 0.15) is 0 Å². The Kier molecular flexibility index (Phi) is 5.46. The van der Waals surface area contributed by atoms with Crippen LogP contribution in [-0.2, 0) is 0 Å². The highest BCUT2D eigenvalue weighted by Gasteiger charge is 2.17. The molecule has 0 amide bonds. The largest absolute Gasteiger partial charge is 0.497 e. The summed E-state index contributed by atoms with van der Waals surface area (Å²) in [4.78, 5) is 2.00. The lowest BCUT2D eigenvalue weighted by atomic mass is 9.80. The van der Waals surface area contributed by atoms with Gasteiger partial charge in [-0.1, -0.05) is 24.3 Å². The molecule has 0 saturated heterocycles. The summed E-state index contributed by atoms with van der Waals surface area (Å²) in [6.45, 7) is 0. The quantitative estimate of drug-likeness (QED) is 0.670. The van der Waals surface area contributed by atoms with E-state index in [4.69, 9.17) is 9.47 Å². The molecule has 0 fully saturated rings. The highest BCUT2D eigenvalue weighted by molar-refractivity contribution is 6.58. The van der Waals surface area contributed by atoms with E-state index < -0.39 is 7.12 Å². The van der Waals surface area contributed by atoms with Crippen molar-refractivity contribution in [2.45, 2.75) is 0 Å². The van der Waals surface area contributed by atoms with E-state index in [9.17, 15) is 10.0 Å². The van der Waals surface area contributed by atoms with E-state index in [1.54, 1.807) is 32.4 Å². The number of nitrogens with zero attached hydrogens (tertiary/aromatic N) is 1. The van der Waals surface area contributed by atoms with Crippen molar-refractivity contribution in [3.05, 3.63) is 72.8 Å². The summed E-state index contributed by atoms with van der Waals surface area (Å²) >= 11 is 0. The molecule has 0 aliphatic heterocycles. The maximum atomic E-state index is 9.53. The van der Waals surface area contributed by atoms with E-state index >= 15 is 0 Å². The topological polar surface area (TPSA) is 62.2 Å². The second-order valence-electron chi connectivity index (χ2n) is 5.71. The minimum absolute atomic E-state index is 0.415. The highest BCUT2D eigenvalue weighted by Crippen LogP contribution is 2.36. The van der Waals surface area contributed by atoms with Gasteiger partial charge in [-0.2, -0.15) is 0 Å².